The second-order valence-electron chi connectivity index (χ2n) is 13.7. The summed E-state index contributed by atoms with van der Waals surface area (Å²) in [6, 6.07) is 21.4. The van der Waals surface area contributed by atoms with E-state index in [1.165, 1.54) is 62.5 Å². The molecule has 10 atom stereocenters. The van der Waals surface area contributed by atoms with Gasteiger partial charge in [0.25, 0.3) is 0 Å². The van der Waals surface area contributed by atoms with Crippen molar-refractivity contribution >= 4 is 0 Å². The van der Waals surface area contributed by atoms with E-state index in [1.54, 1.807) is 0 Å². The Bertz CT molecular complexity index is 1100. The summed E-state index contributed by atoms with van der Waals surface area (Å²) in [5, 5.41) is 0. The molecule has 3 heteroatoms. The van der Waals surface area contributed by atoms with E-state index in [4.69, 9.17) is 15.2 Å². The number of nitrogens with two attached hydrogens (primary N) is 1. The van der Waals surface area contributed by atoms with Crippen LogP contribution in [-0.2, 0) is 22.7 Å². The summed E-state index contributed by atoms with van der Waals surface area (Å²) in [6.07, 6.45) is 12.7. The van der Waals surface area contributed by atoms with E-state index in [9.17, 15) is 0 Å². The van der Waals surface area contributed by atoms with Gasteiger partial charge in [-0.15, -0.1) is 6.58 Å². The lowest BCUT2D eigenvalue weighted by Crippen LogP contribution is -2.60. The lowest BCUT2D eigenvalue weighted by atomic mass is 9.44. The minimum atomic E-state index is 0.0449. The Morgan fingerprint density at radius 2 is 1.51 bits per heavy atom. The van der Waals surface area contributed by atoms with E-state index in [2.05, 4.69) is 81.1 Å². The Morgan fingerprint density at radius 1 is 0.846 bits per heavy atom. The highest BCUT2D eigenvalue weighted by Crippen LogP contribution is 2.68. The first-order valence-corrected chi connectivity index (χ1v) is 15.6. The molecule has 0 unspecified atom stereocenters. The molecular formula is C36H49NO2. The van der Waals surface area contributed by atoms with Gasteiger partial charge in [0.1, 0.15) is 0 Å². The van der Waals surface area contributed by atoms with E-state index in [-0.39, 0.29) is 17.6 Å². The van der Waals surface area contributed by atoms with Crippen molar-refractivity contribution < 1.29 is 9.47 Å². The third-order valence-electron chi connectivity index (χ3n) is 12.1. The second kappa shape index (κ2) is 11.1. The molecule has 4 aliphatic rings. The Kier molecular flexibility index (Phi) is 7.79. The minimum absolute atomic E-state index is 0.0449. The predicted molar refractivity (Wildman–Crippen MR) is 159 cm³/mol. The molecule has 0 spiro atoms. The molecule has 2 aromatic carbocycles. The van der Waals surface area contributed by atoms with Gasteiger partial charge in [-0.2, -0.15) is 0 Å². The van der Waals surface area contributed by atoms with Crippen molar-refractivity contribution in [3.63, 3.8) is 0 Å². The molecule has 0 radical (unpaired) electrons. The van der Waals surface area contributed by atoms with Crippen LogP contribution >= 0.6 is 0 Å². The van der Waals surface area contributed by atoms with Gasteiger partial charge < -0.3 is 15.2 Å². The van der Waals surface area contributed by atoms with Crippen molar-refractivity contribution in [3.8, 4) is 0 Å². The van der Waals surface area contributed by atoms with Gasteiger partial charge >= 0.3 is 0 Å². The maximum atomic E-state index is 6.98. The summed E-state index contributed by atoms with van der Waals surface area (Å²) >= 11 is 0. The Balaban J connectivity index is 1.22. The normalized spacial score (nSPS) is 40.2. The van der Waals surface area contributed by atoms with Crippen LogP contribution in [-0.4, -0.2) is 18.2 Å². The Hall–Kier alpha value is -1.94. The van der Waals surface area contributed by atoms with E-state index in [1.807, 2.05) is 6.08 Å². The van der Waals surface area contributed by atoms with E-state index in [0.29, 0.717) is 30.0 Å². The van der Waals surface area contributed by atoms with Gasteiger partial charge in [-0.1, -0.05) is 80.6 Å². The molecule has 0 aromatic heterocycles. The molecular weight excluding hydrogens is 478 g/mol. The fourth-order valence-corrected chi connectivity index (χ4v) is 9.95. The van der Waals surface area contributed by atoms with Crippen LogP contribution in [0.2, 0.25) is 0 Å². The number of hydrogen-bond donors (Lipinski definition) is 1. The summed E-state index contributed by atoms with van der Waals surface area (Å²) in [7, 11) is 0. The number of ether oxygens (including phenoxy) is 2. The minimum Gasteiger partial charge on any atom is -0.374 e. The second-order valence-corrected chi connectivity index (χ2v) is 13.7. The van der Waals surface area contributed by atoms with Gasteiger partial charge in [0.15, 0.2) is 0 Å². The molecule has 39 heavy (non-hydrogen) atoms. The topological polar surface area (TPSA) is 44.5 Å². The first-order valence-electron chi connectivity index (χ1n) is 15.6. The van der Waals surface area contributed by atoms with Crippen molar-refractivity contribution in [2.24, 2.45) is 46.2 Å². The molecule has 2 N–H and O–H groups in total. The molecule has 2 aromatic rings. The average Bonchev–Trinajstić information content (AvgIpc) is 3.33. The van der Waals surface area contributed by atoms with Crippen molar-refractivity contribution in [3.05, 3.63) is 84.4 Å². The molecule has 3 nitrogen and oxygen atoms in total. The highest BCUT2D eigenvalue weighted by Gasteiger charge is 2.64. The van der Waals surface area contributed by atoms with E-state index in [0.717, 1.165) is 24.4 Å². The summed E-state index contributed by atoms with van der Waals surface area (Å²) in [5.41, 5.74) is 9.79. The van der Waals surface area contributed by atoms with Crippen LogP contribution in [0.5, 0.6) is 0 Å². The zero-order valence-corrected chi connectivity index (χ0v) is 24.1. The van der Waals surface area contributed by atoms with Crippen LogP contribution in [0.4, 0.5) is 0 Å². The van der Waals surface area contributed by atoms with Crippen LogP contribution < -0.4 is 5.73 Å². The summed E-state index contributed by atoms with van der Waals surface area (Å²) in [6.45, 7) is 10.7. The molecule has 6 rings (SSSR count). The maximum Gasteiger partial charge on any atom is 0.0720 e. The molecule has 0 amide bonds. The van der Waals surface area contributed by atoms with Crippen molar-refractivity contribution in [2.75, 3.05) is 0 Å². The Labute approximate surface area is 236 Å². The molecule has 0 bridgehead atoms. The monoisotopic (exact) mass is 527 g/mol. The SMILES string of the molecule is C=C[C@@H](N)[C@H]1CC[C@H]2[C@@H]3CC[C@@H]4C[C@H](OCc5ccccc5)CC[C@]4(C)[C@H]3C[C@H](OCc3ccccc3)[C@]12C. The molecule has 4 saturated carbocycles. The standard InChI is InChI=1S/C36H49NO2/c1-4-33(37)31-18-17-30-29-16-15-27-21-28(38-23-25-11-7-5-8-12-25)19-20-35(27,2)32(29)22-34(36(30,31)3)39-24-26-13-9-6-10-14-26/h4-14,27-34H,1,15-24,37H2,2-3H3/t27-,28-,29+,30+,31-,32+,33-,34+,35+,36+/m1/s1. The number of hydrogen-bond acceptors (Lipinski definition) is 3. The van der Waals surface area contributed by atoms with Crippen LogP contribution in [0.1, 0.15) is 76.3 Å². The zero-order chi connectivity index (χ0) is 27.0. The first kappa shape index (κ1) is 27.2. The lowest BCUT2D eigenvalue weighted by molar-refractivity contribution is -0.193. The molecule has 4 aliphatic carbocycles. The number of rotatable bonds is 8. The van der Waals surface area contributed by atoms with Crippen LogP contribution in [0.3, 0.4) is 0 Å². The van der Waals surface area contributed by atoms with Crippen molar-refractivity contribution in [1.82, 2.24) is 0 Å². The zero-order valence-electron chi connectivity index (χ0n) is 24.1. The van der Waals surface area contributed by atoms with Gasteiger partial charge in [-0.05, 0) is 97.5 Å². The predicted octanol–water partition coefficient (Wildman–Crippen LogP) is 7.94. The number of fused-ring (bicyclic) bond motifs is 5. The summed E-state index contributed by atoms with van der Waals surface area (Å²) in [4.78, 5) is 0. The lowest BCUT2D eigenvalue weighted by Gasteiger charge is -2.63. The highest BCUT2D eigenvalue weighted by atomic mass is 16.5. The third kappa shape index (κ3) is 4.94. The average molecular weight is 528 g/mol. The van der Waals surface area contributed by atoms with Gasteiger partial charge in [0.05, 0.1) is 25.4 Å². The summed E-state index contributed by atoms with van der Waals surface area (Å²) in [5.74, 6) is 3.41. The van der Waals surface area contributed by atoms with E-state index < -0.39 is 0 Å². The quantitative estimate of drug-likeness (QED) is 0.354. The first-order chi connectivity index (χ1) is 18.9. The van der Waals surface area contributed by atoms with E-state index >= 15 is 0 Å². The highest BCUT2D eigenvalue weighted by molar-refractivity contribution is 5.17. The van der Waals surface area contributed by atoms with Gasteiger partial charge in [0, 0.05) is 11.5 Å². The Morgan fingerprint density at radius 3 is 2.18 bits per heavy atom. The summed E-state index contributed by atoms with van der Waals surface area (Å²) < 4.78 is 13.5. The molecule has 0 saturated heterocycles. The van der Waals surface area contributed by atoms with Gasteiger partial charge in [-0.3, -0.25) is 0 Å². The smallest absolute Gasteiger partial charge is 0.0720 e. The van der Waals surface area contributed by atoms with Crippen LogP contribution in [0.25, 0.3) is 0 Å². The molecule has 4 fully saturated rings. The fraction of sp³-hybridized carbons (Fsp3) is 0.611. The third-order valence-corrected chi connectivity index (χ3v) is 12.1. The van der Waals surface area contributed by atoms with Crippen LogP contribution in [0, 0.1) is 40.4 Å². The fourth-order valence-electron chi connectivity index (χ4n) is 9.95. The van der Waals surface area contributed by atoms with Gasteiger partial charge in [-0.25, -0.2) is 0 Å². The van der Waals surface area contributed by atoms with Gasteiger partial charge in [0.2, 0.25) is 0 Å². The maximum absolute atomic E-state index is 6.98. The molecule has 0 aliphatic heterocycles. The van der Waals surface area contributed by atoms with Crippen molar-refractivity contribution in [1.29, 1.82) is 0 Å². The van der Waals surface area contributed by atoms with Crippen LogP contribution in [0.15, 0.2) is 73.3 Å². The largest absolute Gasteiger partial charge is 0.374 e. The molecule has 210 valence electrons. The number of benzene rings is 2. The molecule has 0 heterocycles. The van der Waals surface area contributed by atoms with Crippen molar-refractivity contribution in [2.45, 2.75) is 96.7 Å².